The Balaban J connectivity index is 1.82. The zero-order valence-corrected chi connectivity index (χ0v) is 25.6. The van der Waals surface area contributed by atoms with Crippen LogP contribution in [0.15, 0.2) is 73.1 Å². The normalized spacial score (nSPS) is 15.3. The monoisotopic (exact) mass is 530 g/mol. The van der Waals surface area contributed by atoms with E-state index in [1.165, 1.54) is 101 Å². The maximum atomic E-state index is 2.76. The summed E-state index contributed by atoms with van der Waals surface area (Å²) in [6, 6.07) is 22.7. The van der Waals surface area contributed by atoms with Crippen LogP contribution in [0, 0.1) is 0 Å². The summed E-state index contributed by atoms with van der Waals surface area (Å²) in [5.74, 6) is 0.447. The summed E-state index contributed by atoms with van der Waals surface area (Å²) in [5, 5.41) is 0. The molecule has 0 radical (unpaired) electrons. The molecule has 2 nitrogen and oxygen atoms in total. The van der Waals surface area contributed by atoms with E-state index in [2.05, 4.69) is 104 Å². The zero-order valence-electron chi connectivity index (χ0n) is 25.6. The number of hydrogen-bond donors (Lipinski definition) is 0. The molecular formula is C37H58N2. The Bertz CT molecular complexity index is 862. The van der Waals surface area contributed by atoms with Crippen molar-refractivity contribution in [1.82, 2.24) is 9.80 Å². The van der Waals surface area contributed by atoms with Crippen molar-refractivity contribution in [2.45, 2.75) is 135 Å². The van der Waals surface area contributed by atoms with Crippen molar-refractivity contribution in [3.05, 3.63) is 84.2 Å². The molecular weight excluding hydrogens is 472 g/mol. The van der Waals surface area contributed by atoms with Gasteiger partial charge in [-0.15, -0.1) is 0 Å². The molecule has 1 aliphatic rings. The van der Waals surface area contributed by atoms with Crippen LogP contribution >= 0.6 is 0 Å². The van der Waals surface area contributed by atoms with Crippen molar-refractivity contribution in [2.24, 2.45) is 0 Å². The summed E-state index contributed by atoms with van der Waals surface area (Å²) >= 11 is 0. The van der Waals surface area contributed by atoms with E-state index in [4.69, 9.17) is 0 Å². The minimum absolute atomic E-state index is 0.0537. The molecule has 2 heteroatoms. The van der Waals surface area contributed by atoms with Crippen LogP contribution in [0.4, 0.5) is 0 Å². The molecule has 0 saturated heterocycles. The third kappa shape index (κ3) is 9.44. The van der Waals surface area contributed by atoms with Crippen molar-refractivity contribution in [3.63, 3.8) is 0 Å². The Hall–Kier alpha value is -2.22. The lowest BCUT2D eigenvalue weighted by molar-refractivity contribution is -0.00378. The van der Waals surface area contributed by atoms with Crippen molar-refractivity contribution in [1.29, 1.82) is 0 Å². The van der Waals surface area contributed by atoms with Gasteiger partial charge in [0.2, 0.25) is 0 Å². The maximum Gasteiger partial charge on any atom is 0.123 e. The fourth-order valence-electron chi connectivity index (χ4n) is 6.74. The molecule has 0 fully saturated rings. The largest absolute Gasteiger partial charge is 0.353 e. The van der Waals surface area contributed by atoms with Crippen LogP contribution < -0.4 is 0 Å². The van der Waals surface area contributed by atoms with Crippen LogP contribution in [0.2, 0.25) is 0 Å². The van der Waals surface area contributed by atoms with Gasteiger partial charge in [-0.1, -0.05) is 158 Å². The lowest BCUT2D eigenvalue weighted by atomic mass is 9.78. The van der Waals surface area contributed by atoms with Crippen molar-refractivity contribution in [2.75, 3.05) is 13.1 Å². The fraction of sp³-hybridized carbons (Fsp3) is 0.622. The molecule has 39 heavy (non-hydrogen) atoms. The molecule has 0 amide bonds. The minimum atomic E-state index is -0.0537. The first-order valence-corrected chi connectivity index (χ1v) is 16.6. The molecule has 2 aromatic rings. The molecule has 2 aromatic carbocycles. The lowest BCUT2D eigenvalue weighted by Crippen LogP contribution is -2.59. The molecule has 0 N–H and O–H groups in total. The Labute approximate surface area is 241 Å². The van der Waals surface area contributed by atoms with E-state index >= 15 is 0 Å². The van der Waals surface area contributed by atoms with Gasteiger partial charge in [0.15, 0.2) is 0 Å². The fourth-order valence-corrected chi connectivity index (χ4v) is 6.74. The van der Waals surface area contributed by atoms with Gasteiger partial charge in [0, 0.05) is 37.8 Å². The first kappa shape index (κ1) is 31.3. The quantitative estimate of drug-likeness (QED) is 0.148. The summed E-state index contributed by atoms with van der Waals surface area (Å²) in [6.07, 6.45) is 26.1. The van der Waals surface area contributed by atoms with E-state index in [-0.39, 0.29) is 5.66 Å². The molecule has 0 aliphatic carbocycles. The van der Waals surface area contributed by atoms with Crippen LogP contribution in [0.5, 0.6) is 0 Å². The predicted octanol–water partition coefficient (Wildman–Crippen LogP) is 10.7. The van der Waals surface area contributed by atoms with Gasteiger partial charge in [0.25, 0.3) is 0 Å². The van der Waals surface area contributed by atoms with Crippen LogP contribution in [0.3, 0.4) is 0 Å². The molecule has 216 valence electrons. The highest BCUT2D eigenvalue weighted by Gasteiger charge is 2.49. The average Bonchev–Trinajstić information content (AvgIpc) is 3.30. The Morgan fingerprint density at radius 3 is 1.44 bits per heavy atom. The smallest absolute Gasteiger partial charge is 0.123 e. The van der Waals surface area contributed by atoms with Crippen LogP contribution in [-0.4, -0.2) is 28.6 Å². The number of benzene rings is 2. The molecule has 1 atom stereocenters. The second-order valence-electron chi connectivity index (χ2n) is 11.8. The van der Waals surface area contributed by atoms with Gasteiger partial charge < -0.3 is 9.80 Å². The summed E-state index contributed by atoms with van der Waals surface area (Å²) in [7, 11) is 0. The third-order valence-corrected chi connectivity index (χ3v) is 8.90. The van der Waals surface area contributed by atoms with E-state index in [1.54, 1.807) is 0 Å². The number of nitrogens with zero attached hydrogens (tertiary/aromatic N) is 2. The highest BCUT2D eigenvalue weighted by atomic mass is 15.4. The molecule has 0 aromatic heterocycles. The van der Waals surface area contributed by atoms with E-state index < -0.39 is 0 Å². The molecule has 1 aliphatic heterocycles. The number of rotatable bonds is 21. The van der Waals surface area contributed by atoms with Crippen LogP contribution in [0.25, 0.3) is 0 Å². The second-order valence-corrected chi connectivity index (χ2v) is 11.8. The average molecular weight is 531 g/mol. The first-order chi connectivity index (χ1) is 19.3. The van der Waals surface area contributed by atoms with Crippen molar-refractivity contribution < 1.29 is 0 Å². The summed E-state index contributed by atoms with van der Waals surface area (Å²) in [6.45, 7) is 9.31. The van der Waals surface area contributed by atoms with Crippen LogP contribution in [0.1, 0.15) is 134 Å². The predicted molar refractivity (Wildman–Crippen MR) is 171 cm³/mol. The van der Waals surface area contributed by atoms with Gasteiger partial charge in [-0.05, 0) is 30.4 Å². The highest BCUT2D eigenvalue weighted by molar-refractivity contribution is 5.30. The summed E-state index contributed by atoms with van der Waals surface area (Å²) in [5.41, 5.74) is 2.88. The van der Waals surface area contributed by atoms with E-state index in [0.29, 0.717) is 5.92 Å². The Morgan fingerprint density at radius 2 is 0.974 bits per heavy atom. The molecule has 1 unspecified atom stereocenters. The standard InChI is InChI=1S/C37H58N2/c1-4-7-9-11-13-15-23-29-38-31-32-39(30-24-16-14-12-10-8-5-2)37(38,33-34-25-19-17-20-26-34)36(6-3)35-27-21-18-22-28-35/h17-22,25-28,31-32,36H,4-16,23-24,29-30,33H2,1-3H3. The number of unbranched alkanes of at least 4 members (excludes halogenated alkanes) is 12. The van der Waals surface area contributed by atoms with Gasteiger partial charge in [0.1, 0.15) is 5.66 Å². The van der Waals surface area contributed by atoms with E-state index in [1.807, 2.05) is 0 Å². The maximum absolute atomic E-state index is 2.76. The van der Waals surface area contributed by atoms with Gasteiger partial charge >= 0.3 is 0 Å². The highest BCUT2D eigenvalue weighted by Crippen LogP contribution is 2.45. The molecule has 0 bridgehead atoms. The van der Waals surface area contributed by atoms with Crippen LogP contribution in [-0.2, 0) is 6.42 Å². The SMILES string of the molecule is CCCCCCCCCN1C=CN(CCCCCCCCC)C1(Cc1ccccc1)C(CC)c1ccccc1. The minimum Gasteiger partial charge on any atom is -0.353 e. The molecule has 0 saturated carbocycles. The summed E-state index contributed by atoms with van der Waals surface area (Å²) < 4.78 is 0. The topological polar surface area (TPSA) is 6.48 Å². The second kappa shape index (κ2) is 18.2. The van der Waals surface area contributed by atoms with Gasteiger partial charge in [0.05, 0.1) is 0 Å². The summed E-state index contributed by atoms with van der Waals surface area (Å²) in [4.78, 5) is 5.52. The lowest BCUT2D eigenvalue weighted by Gasteiger charge is -2.51. The first-order valence-electron chi connectivity index (χ1n) is 16.6. The molecule has 3 rings (SSSR count). The van der Waals surface area contributed by atoms with Gasteiger partial charge in [-0.3, -0.25) is 0 Å². The molecule has 1 heterocycles. The van der Waals surface area contributed by atoms with E-state index in [9.17, 15) is 0 Å². The zero-order chi connectivity index (χ0) is 27.6. The van der Waals surface area contributed by atoms with Gasteiger partial charge in [-0.2, -0.15) is 0 Å². The Morgan fingerprint density at radius 1 is 0.538 bits per heavy atom. The Kier molecular flexibility index (Phi) is 14.6. The van der Waals surface area contributed by atoms with E-state index in [0.717, 1.165) is 25.9 Å². The third-order valence-electron chi connectivity index (χ3n) is 8.90. The van der Waals surface area contributed by atoms with Crippen molar-refractivity contribution in [3.8, 4) is 0 Å². The van der Waals surface area contributed by atoms with Gasteiger partial charge in [-0.25, -0.2) is 0 Å². The molecule has 0 spiro atoms. The number of hydrogen-bond acceptors (Lipinski definition) is 2. The van der Waals surface area contributed by atoms with Crippen molar-refractivity contribution >= 4 is 0 Å².